The zero-order valence-corrected chi connectivity index (χ0v) is 13.1. The van der Waals surface area contributed by atoms with Crippen molar-refractivity contribution in [1.82, 2.24) is 9.55 Å². The van der Waals surface area contributed by atoms with E-state index in [0.717, 1.165) is 7.05 Å². The maximum Gasteiger partial charge on any atom is 1.00 e. The molecule has 0 aromatic carbocycles. The van der Waals surface area contributed by atoms with Crippen molar-refractivity contribution in [2.75, 3.05) is 0 Å². The summed E-state index contributed by atoms with van der Waals surface area (Å²) in [6, 6.07) is -1.92. The van der Waals surface area contributed by atoms with Gasteiger partial charge in [-0.05, 0) is 0 Å². The third-order valence-electron chi connectivity index (χ3n) is 2.17. The molecule has 0 atom stereocenters. The molecule has 0 N–H and O–H groups in total. The molecule has 108 valence electrons. The summed E-state index contributed by atoms with van der Waals surface area (Å²) in [6.07, 6.45) is -6.57. The van der Waals surface area contributed by atoms with Crippen molar-refractivity contribution < 1.29 is 87.2 Å². The molecule has 20 heavy (non-hydrogen) atoms. The summed E-state index contributed by atoms with van der Waals surface area (Å²) < 4.78 is 87.3. The monoisotopic (exact) mass is 332 g/mol. The zero-order chi connectivity index (χ0) is 15.2. The number of rotatable bonds is 2. The predicted octanol–water partition coefficient (Wildman–Crippen LogP) is -1.85. The number of hydrogen-bond donors (Lipinski definition) is 0. The van der Waals surface area contributed by atoms with E-state index in [1.54, 1.807) is 0 Å². The van der Waals surface area contributed by atoms with E-state index >= 15 is 0 Å². The van der Waals surface area contributed by atoms with E-state index in [4.69, 9.17) is 0 Å². The second-order valence-electron chi connectivity index (χ2n) is 3.47. The molecule has 0 aliphatic carbocycles. The minimum Gasteiger partial charge on any atom is -0.846 e. The van der Waals surface area contributed by atoms with Crippen LogP contribution in [0.25, 0.3) is 0 Å². The largest absolute Gasteiger partial charge is 1.00 e. The Bertz CT molecular complexity index is 555. The molecule has 1 heterocycles. The first-order valence-corrected chi connectivity index (χ1v) is 4.40. The van der Waals surface area contributed by atoms with Crippen molar-refractivity contribution in [3.63, 3.8) is 0 Å². The average molecular weight is 332 g/mol. The topological polar surface area (TPSA) is 57.9 Å². The van der Waals surface area contributed by atoms with Crippen molar-refractivity contribution in [2.45, 2.75) is 18.0 Å². The van der Waals surface area contributed by atoms with Crippen molar-refractivity contribution in [3.8, 4) is 6.01 Å². The maximum absolute atomic E-state index is 13.1. The number of hydrogen-bond acceptors (Lipinski definition) is 3. The molecular formula is C8H4F7KN2O2. The van der Waals surface area contributed by atoms with Crippen LogP contribution >= 0.6 is 0 Å². The number of nitrogens with zero attached hydrogens (tertiary/aromatic N) is 2. The first-order chi connectivity index (χ1) is 8.32. The summed E-state index contributed by atoms with van der Waals surface area (Å²) in [4.78, 5) is 13.3. The van der Waals surface area contributed by atoms with Crippen LogP contribution in [-0.4, -0.2) is 21.6 Å². The Morgan fingerprint density at radius 1 is 1.15 bits per heavy atom. The van der Waals surface area contributed by atoms with Crippen LogP contribution in [0, 0.1) is 0 Å². The molecule has 0 aliphatic rings. The quantitative estimate of drug-likeness (QED) is 0.472. The van der Waals surface area contributed by atoms with Crippen LogP contribution in [0.5, 0.6) is 6.01 Å². The Labute approximate surface area is 149 Å². The molecule has 0 bridgehead atoms. The summed E-state index contributed by atoms with van der Waals surface area (Å²) in [6.45, 7) is 0. The first-order valence-electron chi connectivity index (χ1n) is 4.40. The predicted molar refractivity (Wildman–Crippen MR) is 43.8 cm³/mol. The fraction of sp³-hybridized carbons (Fsp3) is 0.500. The molecule has 0 amide bonds. The van der Waals surface area contributed by atoms with E-state index in [1.165, 1.54) is 0 Å². The summed E-state index contributed by atoms with van der Waals surface area (Å²) in [5, 5.41) is 10.9. The van der Waals surface area contributed by atoms with Crippen molar-refractivity contribution in [2.24, 2.45) is 7.05 Å². The van der Waals surface area contributed by atoms with E-state index in [2.05, 4.69) is 4.98 Å². The van der Waals surface area contributed by atoms with Crippen LogP contribution < -0.4 is 62.1 Å². The molecule has 12 heteroatoms. The van der Waals surface area contributed by atoms with Gasteiger partial charge in [-0.25, -0.2) is 4.98 Å². The van der Waals surface area contributed by atoms with E-state index < -0.39 is 35.3 Å². The average Bonchev–Trinajstić information content (AvgIpc) is 2.23. The van der Waals surface area contributed by atoms with E-state index in [1.807, 2.05) is 0 Å². The Hall–Kier alpha value is -0.174. The second kappa shape index (κ2) is 5.91. The van der Waals surface area contributed by atoms with Gasteiger partial charge in [-0.3, -0.25) is 4.79 Å². The molecule has 1 rings (SSSR count). The summed E-state index contributed by atoms with van der Waals surface area (Å²) in [7, 11) is 0.793. The van der Waals surface area contributed by atoms with Gasteiger partial charge < -0.3 is 9.67 Å². The van der Waals surface area contributed by atoms with Crippen LogP contribution in [0.1, 0.15) is 5.69 Å². The van der Waals surface area contributed by atoms with Gasteiger partial charge >= 0.3 is 69.4 Å². The van der Waals surface area contributed by atoms with Crippen LogP contribution in [0.2, 0.25) is 0 Å². The number of alkyl halides is 7. The van der Waals surface area contributed by atoms with Crippen LogP contribution in [-0.2, 0) is 13.0 Å². The molecule has 0 unspecified atom stereocenters. The Kier molecular flexibility index (Phi) is 5.86. The Morgan fingerprint density at radius 3 is 1.95 bits per heavy atom. The molecule has 4 nitrogen and oxygen atoms in total. The summed E-state index contributed by atoms with van der Waals surface area (Å²) >= 11 is 0. The van der Waals surface area contributed by atoms with Gasteiger partial charge in [0.1, 0.15) is 5.69 Å². The molecule has 0 spiro atoms. The molecular weight excluding hydrogens is 328 g/mol. The summed E-state index contributed by atoms with van der Waals surface area (Å²) in [5.41, 5.74) is -3.71. The number of aromatic nitrogens is 2. The van der Waals surface area contributed by atoms with Crippen molar-refractivity contribution in [1.29, 1.82) is 0 Å². The third kappa shape index (κ3) is 3.18. The zero-order valence-electron chi connectivity index (χ0n) is 9.93. The standard InChI is InChI=1S/C8H5F7N2O2.K/c1-17-4(18)2-3(16-5(17)19)6(9,10)7(11,12)8(13,14)15;/h2H,1H3,(H,16,19);/q;+1/p-1. The van der Waals surface area contributed by atoms with Crippen molar-refractivity contribution in [3.05, 3.63) is 22.1 Å². The minimum absolute atomic E-state index is 0. The van der Waals surface area contributed by atoms with Gasteiger partial charge in [0.25, 0.3) is 5.56 Å². The fourth-order valence-electron chi connectivity index (χ4n) is 1.02. The Balaban J connectivity index is 0.00000361. The van der Waals surface area contributed by atoms with Gasteiger partial charge in [0.2, 0.25) is 0 Å². The minimum atomic E-state index is -6.57. The van der Waals surface area contributed by atoms with Gasteiger partial charge in [0, 0.05) is 13.1 Å². The van der Waals surface area contributed by atoms with E-state index in [0.29, 0.717) is 0 Å². The number of halogens is 7. The van der Waals surface area contributed by atoms with Gasteiger partial charge in [-0.1, -0.05) is 0 Å². The molecule has 1 aromatic rings. The van der Waals surface area contributed by atoms with Crippen LogP contribution in [0.15, 0.2) is 10.9 Å². The SMILES string of the molecule is Cn1c([O-])nc(C(F)(F)C(F)(F)C(F)(F)F)cc1=O.[K+]. The normalized spacial score (nSPS) is 13.0. The smallest absolute Gasteiger partial charge is 0.846 e. The van der Waals surface area contributed by atoms with Crippen LogP contribution in [0.3, 0.4) is 0 Å². The summed E-state index contributed by atoms with van der Waals surface area (Å²) in [5.74, 6) is -12.3. The molecule has 0 radical (unpaired) electrons. The van der Waals surface area contributed by atoms with Gasteiger partial charge in [-0.2, -0.15) is 30.7 Å². The second-order valence-corrected chi connectivity index (χ2v) is 3.47. The van der Waals surface area contributed by atoms with Crippen molar-refractivity contribution >= 4 is 0 Å². The molecule has 0 saturated heterocycles. The van der Waals surface area contributed by atoms with Gasteiger partial charge in [0.15, 0.2) is 0 Å². The van der Waals surface area contributed by atoms with Gasteiger partial charge in [-0.15, -0.1) is 0 Å². The Morgan fingerprint density at radius 2 is 1.60 bits per heavy atom. The van der Waals surface area contributed by atoms with Crippen LogP contribution in [0.4, 0.5) is 30.7 Å². The molecule has 0 aliphatic heterocycles. The molecule has 1 aromatic heterocycles. The van der Waals surface area contributed by atoms with E-state index in [9.17, 15) is 40.6 Å². The molecule has 0 fully saturated rings. The third-order valence-corrected chi connectivity index (χ3v) is 2.17. The molecule has 0 saturated carbocycles. The first kappa shape index (κ1) is 19.8. The maximum atomic E-state index is 13.1. The van der Waals surface area contributed by atoms with E-state index in [-0.39, 0.29) is 62.0 Å². The van der Waals surface area contributed by atoms with Gasteiger partial charge in [0.05, 0.1) is 6.01 Å². The fourth-order valence-corrected chi connectivity index (χ4v) is 1.02.